The van der Waals surface area contributed by atoms with E-state index in [4.69, 9.17) is 25.8 Å². The number of ether oxygens (including phenoxy) is 3. The molecule has 0 unspecified atom stereocenters. The third kappa shape index (κ3) is 5.23. The van der Waals surface area contributed by atoms with Crippen molar-refractivity contribution in [1.82, 2.24) is 0 Å². The molecule has 3 rings (SSSR count). The average molecular weight is 414 g/mol. The van der Waals surface area contributed by atoms with Crippen LogP contribution in [0.4, 0.5) is 0 Å². The SMILES string of the molecule is CCCC(=O)Oc1ccc(/C=C2/N=C(c3cccc(Cl)c3)OC2=O)cc1OCC. The highest BCUT2D eigenvalue weighted by Gasteiger charge is 2.24. The Balaban J connectivity index is 1.88. The van der Waals surface area contributed by atoms with E-state index in [1.807, 2.05) is 13.8 Å². The van der Waals surface area contributed by atoms with Crippen LogP contribution in [0.1, 0.15) is 37.8 Å². The first-order chi connectivity index (χ1) is 14.0. The first-order valence-corrected chi connectivity index (χ1v) is 9.64. The number of carbonyl (C=O) groups is 2. The van der Waals surface area contributed by atoms with E-state index >= 15 is 0 Å². The molecule has 0 amide bonds. The lowest BCUT2D eigenvalue weighted by atomic mass is 10.1. The minimum absolute atomic E-state index is 0.151. The molecule has 2 aromatic rings. The molecule has 6 nitrogen and oxygen atoms in total. The smallest absolute Gasteiger partial charge is 0.363 e. The van der Waals surface area contributed by atoms with Gasteiger partial charge in [0.05, 0.1) is 6.61 Å². The molecule has 0 saturated carbocycles. The minimum Gasteiger partial charge on any atom is -0.490 e. The summed E-state index contributed by atoms with van der Waals surface area (Å²) in [6.45, 7) is 4.13. The van der Waals surface area contributed by atoms with Gasteiger partial charge in [-0.25, -0.2) is 9.79 Å². The summed E-state index contributed by atoms with van der Waals surface area (Å²) in [5, 5.41) is 0.522. The van der Waals surface area contributed by atoms with Gasteiger partial charge in [-0.15, -0.1) is 0 Å². The fourth-order valence-electron chi connectivity index (χ4n) is 2.66. The van der Waals surface area contributed by atoms with E-state index in [1.54, 1.807) is 48.5 Å². The van der Waals surface area contributed by atoms with E-state index in [0.29, 0.717) is 47.1 Å². The van der Waals surface area contributed by atoms with Crippen molar-refractivity contribution in [3.63, 3.8) is 0 Å². The first kappa shape index (κ1) is 20.6. The Morgan fingerprint density at radius 3 is 2.72 bits per heavy atom. The second kappa shape index (κ2) is 9.39. The van der Waals surface area contributed by atoms with Crippen molar-refractivity contribution in [1.29, 1.82) is 0 Å². The molecule has 7 heteroatoms. The topological polar surface area (TPSA) is 74.2 Å². The number of benzene rings is 2. The van der Waals surface area contributed by atoms with Crippen LogP contribution < -0.4 is 9.47 Å². The van der Waals surface area contributed by atoms with E-state index in [1.165, 1.54) is 0 Å². The number of rotatable bonds is 7. The van der Waals surface area contributed by atoms with Crippen LogP contribution in [-0.4, -0.2) is 24.4 Å². The lowest BCUT2D eigenvalue weighted by molar-refractivity contribution is -0.134. The molecule has 1 heterocycles. The third-order valence-corrected chi connectivity index (χ3v) is 4.18. The fraction of sp³-hybridized carbons (Fsp3) is 0.227. The average Bonchev–Trinajstić information content (AvgIpc) is 3.05. The highest BCUT2D eigenvalue weighted by Crippen LogP contribution is 2.30. The van der Waals surface area contributed by atoms with E-state index in [0.717, 1.165) is 0 Å². The van der Waals surface area contributed by atoms with Crippen LogP contribution in [-0.2, 0) is 14.3 Å². The molecule has 0 radical (unpaired) electrons. The second-order valence-electron chi connectivity index (χ2n) is 6.21. The Morgan fingerprint density at radius 2 is 2.00 bits per heavy atom. The molecule has 0 bridgehead atoms. The number of cyclic esters (lactones) is 1. The van der Waals surface area contributed by atoms with Gasteiger partial charge in [0.1, 0.15) is 0 Å². The number of carbonyl (C=O) groups excluding carboxylic acids is 2. The molecule has 0 spiro atoms. The number of aliphatic imine (C=N–C) groups is 1. The van der Waals surface area contributed by atoms with Crippen LogP contribution in [0, 0.1) is 0 Å². The van der Waals surface area contributed by atoms with Crippen molar-refractivity contribution in [2.24, 2.45) is 4.99 Å². The molecule has 1 aliphatic heterocycles. The Labute approximate surface area is 173 Å². The van der Waals surface area contributed by atoms with Crippen LogP contribution in [0.2, 0.25) is 5.02 Å². The van der Waals surface area contributed by atoms with E-state index in [9.17, 15) is 9.59 Å². The number of esters is 2. The molecule has 0 atom stereocenters. The summed E-state index contributed by atoms with van der Waals surface area (Å²) in [6.07, 6.45) is 2.60. The molecular weight excluding hydrogens is 394 g/mol. The van der Waals surface area contributed by atoms with Gasteiger partial charge in [-0.05, 0) is 55.3 Å². The molecule has 0 aromatic heterocycles. The summed E-state index contributed by atoms with van der Waals surface area (Å²) in [6, 6.07) is 11.9. The van der Waals surface area contributed by atoms with Gasteiger partial charge in [0, 0.05) is 17.0 Å². The van der Waals surface area contributed by atoms with Crippen LogP contribution >= 0.6 is 11.6 Å². The maximum Gasteiger partial charge on any atom is 0.363 e. The maximum atomic E-state index is 12.2. The van der Waals surface area contributed by atoms with Crippen LogP contribution in [0.3, 0.4) is 0 Å². The minimum atomic E-state index is -0.559. The Hall–Kier alpha value is -3.12. The third-order valence-electron chi connectivity index (χ3n) is 3.94. The quantitative estimate of drug-likeness (QED) is 0.370. The van der Waals surface area contributed by atoms with Gasteiger partial charge < -0.3 is 14.2 Å². The monoisotopic (exact) mass is 413 g/mol. The van der Waals surface area contributed by atoms with Crippen LogP contribution in [0.5, 0.6) is 11.5 Å². The predicted molar refractivity (Wildman–Crippen MR) is 110 cm³/mol. The van der Waals surface area contributed by atoms with Crippen molar-refractivity contribution >= 4 is 35.5 Å². The molecule has 1 aliphatic rings. The first-order valence-electron chi connectivity index (χ1n) is 9.26. The van der Waals surface area contributed by atoms with Gasteiger partial charge in [0.15, 0.2) is 17.2 Å². The zero-order valence-corrected chi connectivity index (χ0v) is 16.9. The second-order valence-corrected chi connectivity index (χ2v) is 6.65. The standard InChI is InChI=1S/C22H20ClNO5/c1-3-6-20(25)28-18-10-9-14(12-19(18)27-4-2)11-17-22(26)29-21(24-17)15-7-5-8-16(23)13-15/h5,7-13H,3-4,6H2,1-2H3/b17-11+. The summed E-state index contributed by atoms with van der Waals surface area (Å²) < 4.78 is 16.2. The molecular formula is C22H20ClNO5. The highest BCUT2D eigenvalue weighted by molar-refractivity contribution is 6.31. The zero-order chi connectivity index (χ0) is 20.8. The van der Waals surface area contributed by atoms with Gasteiger partial charge in [0.25, 0.3) is 0 Å². The van der Waals surface area contributed by atoms with Gasteiger partial charge >= 0.3 is 11.9 Å². The fourth-order valence-corrected chi connectivity index (χ4v) is 2.85. The molecule has 0 saturated heterocycles. The lowest BCUT2D eigenvalue weighted by Gasteiger charge is -2.11. The van der Waals surface area contributed by atoms with Gasteiger partial charge in [0.2, 0.25) is 5.90 Å². The normalized spacial score (nSPS) is 14.5. The van der Waals surface area contributed by atoms with Crippen molar-refractivity contribution < 1.29 is 23.8 Å². The number of halogens is 1. The van der Waals surface area contributed by atoms with Gasteiger partial charge in [-0.1, -0.05) is 30.7 Å². The van der Waals surface area contributed by atoms with Gasteiger partial charge in [-0.3, -0.25) is 4.79 Å². The van der Waals surface area contributed by atoms with Crippen molar-refractivity contribution in [3.05, 3.63) is 64.3 Å². The van der Waals surface area contributed by atoms with Crippen molar-refractivity contribution in [3.8, 4) is 11.5 Å². The summed E-state index contributed by atoms with van der Waals surface area (Å²) in [7, 11) is 0. The van der Waals surface area contributed by atoms with E-state index in [2.05, 4.69) is 4.99 Å². The number of hydrogen-bond donors (Lipinski definition) is 0. The molecule has 0 N–H and O–H groups in total. The summed E-state index contributed by atoms with van der Waals surface area (Å²) in [5.41, 5.74) is 1.42. The van der Waals surface area contributed by atoms with Crippen LogP contribution in [0.25, 0.3) is 6.08 Å². The largest absolute Gasteiger partial charge is 0.490 e. The number of nitrogens with zero attached hydrogens (tertiary/aromatic N) is 1. The Morgan fingerprint density at radius 1 is 1.17 bits per heavy atom. The van der Waals surface area contributed by atoms with Crippen molar-refractivity contribution in [2.45, 2.75) is 26.7 Å². The Bertz CT molecular complexity index is 996. The van der Waals surface area contributed by atoms with Crippen LogP contribution in [0.15, 0.2) is 53.2 Å². The van der Waals surface area contributed by atoms with E-state index < -0.39 is 5.97 Å². The van der Waals surface area contributed by atoms with E-state index in [-0.39, 0.29) is 17.6 Å². The Kier molecular flexibility index (Phi) is 6.67. The molecule has 150 valence electrons. The van der Waals surface area contributed by atoms with Crippen molar-refractivity contribution in [2.75, 3.05) is 6.61 Å². The zero-order valence-electron chi connectivity index (χ0n) is 16.1. The summed E-state index contributed by atoms with van der Waals surface area (Å²) >= 11 is 5.98. The highest BCUT2D eigenvalue weighted by atomic mass is 35.5. The maximum absolute atomic E-state index is 12.2. The summed E-state index contributed by atoms with van der Waals surface area (Å²) in [5.74, 6) is 0.0613. The lowest BCUT2D eigenvalue weighted by Crippen LogP contribution is -2.08. The molecule has 0 aliphatic carbocycles. The molecule has 2 aromatic carbocycles. The van der Waals surface area contributed by atoms with Gasteiger partial charge in [-0.2, -0.15) is 0 Å². The number of hydrogen-bond acceptors (Lipinski definition) is 6. The summed E-state index contributed by atoms with van der Waals surface area (Å²) in [4.78, 5) is 28.3. The molecule has 0 fully saturated rings. The molecule has 29 heavy (non-hydrogen) atoms. The predicted octanol–water partition coefficient (Wildman–Crippen LogP) is 4.79.